The van der Waals surface area contributed by atoms with Gasteiger partial charge in [-0.15, -0.1) is 13.2 Å². The van der Waals surface area contributed by atoms with Gasteiger partial charge in [0.25, 0.3) is 0 Å². The van der Waals surface area contributed by atoms with Crippen molar-refractivity contribution in [3.63, 3.8) is 0 Å². The highest BCUT2D eigenvalue weighted by Gasteiger charge is 2.28. The van der Waals surface area contributed by atoms with E-state index < -0.39 is 13.0 Å². The van der Waals surface area contributed by atoms with Gasteiger partial charge in [0.2, 0.25) is 0 Å². The van der Waals surface area contributed by atoms with Crippen molar-refractivity contribution in [3.05, 3.63) is 29.8 Å². The average molecular weight is 234 g/mol. The van der Waals surface area contributed by atoms with Gasteiger partial charge in [-0.25, -0.2) is 0 Å². The number of halogens is 3. The fourth-order valence-electron chi connectivity index (χ4n) is 0.995. The van der Waals surface area contributed by atoms with Crippen LogP contribution in [0, 0.1) is 0 Å². The lowest BCUT2D eigenvalue weighted by molar-refractivity contribution is -0.325. The number of carbonyl (C=O) groups is 1. The van der Waals surface area contributed by atoms with Crippen LogP contribution in [0.4, 0.5) is 13.2 Å². The second-order valence-electron chi connectivity index (χ2n) is 2.83. The Bertz CT molecular complexity index is 349. The minimum Gasteiger partial charge on any atom is -0.491 e. The Kier molecular flexibility index (Phi) is 4.30. The van der Waals surface area contributed by atoms with Crippen LogP contribution in [0.15, 0.2) is 24.3 Å². The zero-order chi connectivity index (χ0) is 12.0. The molecular formula is C10H9F3O3. The van der Waals surface area contributed by atoms with Crippen LogP contribution in [0.3, 0.4) is 0 Å². The summed E-state index contributed by atoms with van der Waals surface area (Å²) < 4.78 is 43.2. The third kappa shape index (κ3) is 4.79. The van der Waals surface area contributed by atoms with Gasteiger partial charge in [0, 0.05) is 5.56 Å². The third-order valence-corrected chi connectivity index (χ3v) is 1.61. The first-order valence-corrected chi connectivity index (χ1v) is 4.40. The molecule has 88 valence electrons. The third-order valence-electron chi connectivity index (χ3n) is 1.61. The minimum atomic E-state index is -4.64. The SMILES string of the molecule is O=Cc1cccc(OCCOC(F)(F)F)c1. The summed E-state index contributed by atoms with van der Waals surface area (Å²) in [7, 11) is 0. The summed E-state index contributed by atoms with van der Waals surface area (Å²) in [6.07, 6.45) is -4.02. The van der Waals surface area contributed by atoms with Crippen molar-refractivity contribution in [1.82, 2.24) is 0 Å². The number of hydrogen-bond acceptors (Lipinski definition) is 3. The number of aldehydes is 1. The van der Waals surface area contributed by atoms with Crippen molar-refractivity contribution in [1.29, 1.82) is 0 Å². The molecule has 6 heteroatoms. The smallest absolute Gasteiger partial charge is 0.491 e. The van der Waals surface area contributed by atoms with E-state index in [4.69, 9.17) is 4.74 Å². The molecule has 0 heterocycles. The lowest BCUT2D eigenvalue weighted by Crippen LogP contribution is -2.18. The molecule has 1 aromatic rings. The number of benzene rings is 1. The van der Waals surface area contributed by atoms with Gasteiger partial charge in [-0.2, -0.15) is 0 Å². The van der Waals surface area contributed by atoms with Crippen molar-refractivity contribution in [3.8, 4) is 5.75 Å². The molecule has 0 spiro atoms. The molecule has 0 aliphatic heterocycles. The maximum atomic E-state index is 11.6. The van der Waals surface area contributed by atoms with E-state index in [0.29, 0.717) is 17.6 Å². The molecule has 0 aromatic heterocycles. The molecule has 1 rings (SSSR count). The monoisotopic (exact) mass is 234 g/mol. The van der Waals surface area contributed by atoms with Crippen LogP contribution in [0.5, 0.6) is 5.75 Å². The van der Waals surface area contributed by atoms with Crippen molar-refractivity contribution in [2.45, 2.75) is 6.36 Å². The van der Waals surface area contributed by atoms with Crippen LogP contribution < -0.4 is 4.74 Å². The quantitative estimate of drug-likeness (QED) is 0.579. The van der Waals surface area contributed by atoms with Gasteiger partial charge in [0.1, 0.15) is 18.6 Å². The fraction of sp³-hybridized carbons (Fsp3) is 0.300. The molecule has 1 aromatic carbocycles. The Morgan fingerprint density at radius 3 is 2.62 bits per heavy atom. The highest BCUT2D eigenvalue weighted by Crippen LogP contribution is 2.16. The molecule has 0 fully saturated rings. The van der Waals surface area contributed by atoms with Gasteiger partial charge >= 0.3 is 6.36 Å². The Labute approximate surface area is 89.8 Å². The maximum absolute atomic E-state index is 11.6. The number of ether oxygens (including phenoxy) is 2. The standard InChI is InChI=1S/C10H9F3O3/c11-10(12,13)16-5-4-15-9-3-1-2-8(6-9)7-14/h1-3,6-7H,4-5H2. The molecule has 16 heavy (non-hydrogen) atoms. The largest absolute Gasteiger partial charge is 0.522 e. The molecule has 0 N–H and O–H groups in total. The molecule has 0 saturated heterocycles. The van der Waals surface area contributed by atoms with Crippen LogP contribution in [0.25, 0.3) is 0 Å². The van der Waals surface area contributed by atoms with E-state index in [-0.39, 0.29) is 6.61 Å². The van der Waals surface area contributed by atoms with Crippen LogP contribution in [-0.4, -0.2) is 25.9 Å². The van der Waals surface area contributed by atoms with Crippen LogP contribution >= 0.6 is 0 Å². The lowest BCUT2D eigenvalue weighted by atomic mass is 10.2. The highest BCUT2D eigenvalue weighted by molar-refractivity contribution is 5.75. The van der Waals surface area contributed by atoms with Gasteiger partial charge < -0.3 is 4.74 Å². The topological polar surface area (TPSA) is 35.5 Å². The zero-order valence-corrected chi connectivity index (χ0v) is 8.16. The highest BCUT2D eigenvalue weighted by atomic mass is 19.4. The van der Waals surface area contributed by atoms with Gasteiger partial charge in [0.15, 0.2) is 0 Å². The second kappa shape index (κ2) is 5.50. The summed E-state index contributed by atoms with van der Waals surface area (Å²) in [5, 5.41) is 0. The lowest BCUT2D eigenvalue weighted by Gasteiger charge is -2.08. The molecular weight excluding hydrogens is 225 g/mol. The summed E-state index contributed by atoms with van der Waals surface area (Å²) in [6.45, 7) is -0.823. The molecule has 0 aliphatic carbocycles. The Morgan fingerprint density at radius 2 is 2.00 bits per heavy atom. The van der Waals surface area contributed by atoms with Crippen molar-refractivity contribution >= 4 is 6.29 Å². The van der Waals surface area contributed by atoms with E-state index in [1.807, 2.05) is 0 Å². The normalized spacial score (nSPS) is 11.2. The number of alkyl halides is 3. The van der Waals surface area contributed by atoms with E-state index in [1.165, 1.54) is 6.07 Å². The van der Waals surface area contributed by atoms with Crippen molar-refractivity contribution in [2.75, 3.05) is 13.2 Å². The molecule has 0 bridgehead atoms. The summed E-state index contributed by atoms with van der Waals surface area (Å²) in [5.74, 6) is 0.329. The van der Waals surface area contributed by atoms with Crippen molar-refractivity contribution in [2.24, 2.45) is 0 Å². The number of rotatable bonds is 5. The van der Waals surface area contributed by atoms with Crippen LogP contribution in [0.2, 0.25) is 0 Å². The molecule has 0 unspecified atom stereocenters. The fourth-order valence-corrected chi connectivity index (χ4v) is 0.995. The molecule has 0 amide bonds. The predicted molar refractivity (Wildman–Crippen MR) is 49.3 cm³/mol. The van der Waals surface area contributed by atoms with E-state index in [9.17, 15) is 18.0 Å². The molecule has 0 atom stereocenters. The summed E-state index contributed by atoms with van der Waals surface area (Å²) in [4.78, 5) is 10.4. The zero-order valence-electron chi connectivity index (χ0n) is 8.16. The van der Waals surface area contributed by atoms with E-state index >= 15 is 0 Å². The molecule has 0 radical (unpaired) electrons. The molecule has 0 saturated carbocycles. The summed E-state index contributed by atoms with van der Waals surface area (Å²) in [5.41, 5.74) is 0.397. The van der Waals surface area contributed by atoms with Gasteiger partial charge in [0.05, 0.1) is 6.61 Å². The Hall–Kier alpha value is -1.56. The number of carbonyl (C=O) groups excluding carboxylic acids is 1. The Morgan fingerprint density at radius 1 is 1.25 bits per heavy atom. The average Bonchev–Trinajstić information content (AvgIpc) is 2.23. The maximum Gasteiger partial charge on any atom is 0.522 e. The van der Waals surface area contributed by atoms with Crippen molar-refractivity contribution < 1.29 is 27.4 Å². The van der Waals surface area contributed by atoms with Gasteiger partial charge in [-0.1, -0.05) is 12.1 Å². The summed E-state index contributed by atoms with van der Waals surface area (Å²) in [6, 6.07) is 6.11. The van der Waals surface area contributed by atoms with E-state index in [2.05, 4.69) is 4.74 Å². The number of hydrogen-bond donors (Lipinski definition) is 0. The van der Waals surface area contributed by atoms with Gasteiger partial charge in [-0.05, 0) is 12.1 Å². The minimum absolute atomic E-state index is 0.234. The van der Waals surface area contributed by atoms with E-state index in [1.54, 1.807) is 18.2 Å². The van der Waals surface area contributed by atoms with E-state index in [0.717, 1.165) is 0 Å². The molecule has 0 aliphatic rings. The first kappa shape index (κ1) is 12.5. The first-order chi connectivity index (χ1) is 7.51. The molecule has 3 nitrogen and oxygen atoms in total. The van der Waals surface area contributed by atoms with Gasteiger partial charge in [-0.3, -0.25) is 9.53 Å². The second-order valence-corrected chi connectivity index (χ2v) is 2.83. The Balaban J connectivity index is 2.34. The van der Waals surface area contributed by atoms with Crippen LogP contribution in [0.1, 0.15) is 10.4 Å². The summed E-state index contributed by atoms with van der Waals surface area (Å²) >= 11 is 0. The predicted octanol–water partition coefficient (Wildman–Crippen LogP) is 2.41. The van der Waals surface area contributed by atoms with Crippen LogP contribution in [-0.2, 0) is 4.74 Å². The first-order valence-electron chi connectivity index (χ1n) is 4.40.